The standard InChI is InChI=1S/C17H25F3N2O/c1-2-21-8-3-9-22(11-10-21)13-16(23)12-14-4-6-15(7-5-14)17(18,19)20/h4-7,16,23H,2-3,8-13H2,1H3. The average molecular weight is 330 g/mol. The fourth-order valence-corrected chi connectivity index (χ4v) is 2.99. The lowest BCUT2D eigenvalue weighted by molar-refractivity contribution is -0.137. The average Bonchev–Trinajstić information content (AvgIpc) is 2.72. The topological polar surface area (TPSA) is 26.7 Å². The van der Waals surface area contributed by atoms with Gasteiger partial charge in [0, 0.05) is 19.6 Å². The molecule has 3 nitrogen and oxygen atoms in total. The second-order valence-corrected chi connectivity index (χ2v) is 6.14. The highest BCUT2D eigenvalue weighted by molar-refractivity contribution is 5.25. The summed E-state index contributed by atoms with van der Waals surface area (Å²) in [4.78, 5) is 4.63. The first-order valence-electron chi connectivity index (χ1n) is 8.17. The van der Waals surface area contributed by atoms with Crippen LogP contribution in [0.2, 0.25) is 0 Å². The van der Waals surface area contributed by atoms with Crippen LogP contribution in [-0.4, -0.2) is 60.3 Å². The number of aliphatic hydroxyl groups excluding tert-OH is 1. The fraction of sp³-hybridized carbons (Fsp3) is 0.647. The lowest BCUT2D eigenvalue weighted by atomic mass is 10.1. The first-order chi connectivity index (χ1) is 10.9. The normalized spacial score (nSPS) is 19.5. The first kappa shape index (κ1) is 18.2. The monoisotopic (exact) mass is 330 g/mol. The minimum Gasteiger partial charge on any atom is -0.391 e. The zero-order valence-corrected chi connectivity index (χ0v) is 13.5. The maximum atomic E-state index is 12.5. The van der Waals surface area contributed by atoms with Gasteiger partial charge < -0.3 is 10.0 Å². The Hall–Kier alpha value is -1.11. The van der Waals surface area contributed by atoms with Crippen LogP contribution in [0.25, 0.3) is 0 Å². The molecule has 1 aliphatic heterocycles. The van der Waals surface area contributed by atoms with Gasteiger partial charge in [-0.3, -0.25) is 4.90 Å². The molecule has 1 heterocycles. The number of halogens is 3. The van der Waals surface area contributed by atoms with Crippen molar-refractivity contribution < 1.29 is 18.3 Å². The smallest absolute Gasteiger partial charge is 0.391 e. The zero-order valence-electron chi connectivity index (χ0n) is 13.5. The highest BCUT2D eigenvalue weighted by Crippen LogP contribution is 2.29. The molecule has 0 amide bonds. The van der Waals surface area contributed by atoms with Gasteiger partial charge in [0.25, 0.3) is 0 Å². The van der Waals surface area contributed by atoms with E-state index >= 15 is 0 Å². The molecule has 1 N–H and O–H groups in total. The quantitative estimate of drug-likeness (QED) is 0.899. The van der Waals surface area contributed by atoms with Crippen molar-refractivity contribution in [3.8, 4) is 0 Å². The van der Waals surface area contributed by atoms with E-state index in [2.05, 4.69) is 16.7 Å². The summed E-state index contributed by atoms with van der Waals surface area (Å²) in [5.41, 5.74) is 0.0819. The Morgan fingerprint density at radius 1 is 1.04 bits per heavy atom. The summed E-state index contributed by atoms with van der Waals surface area (Å²) in [5, 5.41) is 10.2. The molecule has 0 bridgehead atoms. The van der Waals surface area contributed by atoms with Crippen LogP contribution in [0, 0.1) is 0 Å². The third-order valence-electron chi connectivity index (χ3n) is 4.35. The first-order valence-corrected chi connectivity index (χ1v) is 8.17. The van der Waals surface area contributed by atoms with Crippen molar-refractivity contribution in [2.24, 2.45) is 0 Å². The van der Waals surface area contributed by atoms with E-state index in [1.807, 2.05) is 0 Å². The van der Waals surface area contributed by atoms with Crippen LogP contribution in [0.3, 0.4) is 0 Å². The molecule has 1 saturated heterocycles. The molecule has 1 aromatic carbocycles. The second kappa shape index (κ2) is 8.13. The Morgan fingerprint density at radius 2 is 1.65 bits per heavy atom. The molecule has 0 spiro atoms. The van der Waals surface area contributed by atoms with E-state index in [-0.39, 0.29) is 0 Å². The van der Waals surface area contributed by atoms with Gasteiger partial charge in [0.1, 0.15) is 0 Å². The van der Waals surface area contributed by atoms with Gasteiger partial charge in [-0.25, -0.2) is 0 Å². The highest BCUT2D eigenvalue weighted by atomic mass is 19.4. The van der Waals surface area contributed by atoms with Crippen LogP contribution in [0.4, 0.5) is 13.2 Å². The minimum absolute atomic E-state index is 0.381. The second-order valence-electron chi connectivity index (χ2n) is 6.14. The number of aliphatic hydroxyl groups is 1. The van der Waals surface area contributed by atoms with Crippen LogP contribution in [0.5, 0.6) is 0 Å². The molecule has 0 aliphatic carbocycles. The van der Waals surface area contributed by atoms with Crippen molar-refractivity contribution in [3.05, 3.63) is 35.4 Å². The molecule has 0 aromatic heterocycles. The summed E-state index contributed by atoms with van der Waals surface area (Å²) < 4.78 is 37.6. The van der Waals surface area contributed by atoms with Gasteiger partial charge in [0.05, 0.1) is 11.7 Å². The van der Waals surface area contributed by atoms with Gasteiger partial charge in [-0.1, -0.05) is 19.1 Å². The molecule has 1 aromatic rings. The number of hydrogen-bond acceptors (Lipinski definition) is 3. The zero-order chi connectivity index (χ0) is 16.9. The van der Waals surface area contributed by atoms with Gasteiger partial charge in [0.15, 0.2) is 0 Å². The minimum atomic E-state index is -4.31. The Bertz CT molecular complexity index is 476. The van der Waals surface area contributed by atoms with E-state index in [4.69, 9.17) is 0 Å². The van der Waals surface area contributed by atoms with E-state index in [0.717, 1.165) is 56.8 Å². The Kier molecular flexibility index (Phi) is 6.44. The number of nitrogens with zero attached hydrogens (tertiary/aromatic N) is 2. The predicted octanol–water partition coefficient (Wildman–Crippen LogP) is 2.64. The maximum absolute atomic E-state index is 12.5. The molecular formula is C17H25F3N2O. The predicted molar refractivity (Wildman–Crippen MR) is 84.3 cm³/mol. The number of likely N-dealkylation sites (N-methyl/N-ethyl adjacent to an activating group) is 1. The van der Waals surface area contributed by atoms with Gasteiger partial charge in [-0.2, -0.15) is 13.2 Å². The SMILES string of the molecule is CCN1CCCN(CC(O)Cc2ccc(C(F)(F)F)cc2)CC1. The van der Waals surface area contributed by atoms with Gasteiger partial charge >= 0.3 is 6.18 Å². The molecule has 6 heteroatoms. The van der Waals surface area contributed by atoms with Crippen LogP contribution in [0.15, 0.2) is 24.3 Å². The van der Waals surface area contributed by atoms with Crippen molar-refractivity contribution in [1.29, 1.82) is 0 Å². The molecule has 130 valence electrons. The molecule has 23 heavy (non-hydrogen) atoms. The van der Waals surface area contributed by atoms with E-state index in [1.165, 1.54) is 12.1 Å². The number of rotatable bonds is 5. The molecule has 1 aliphatic rings. The van der Waals surface area contributed by atoms with Gasteiger partial charge in [-0.15, -0.1) is 0 Å². The van der Waals surface area contributed by atoms with E-state index in [0.29, 0.717) is 13.0 Å². The molecule has 0 saturated carbocycles. The van der Waals surface area contributed by atoms with Crippen LogP contribution in [-0.2, 0) is 12.6 Å². The summed E-state index contributed by atoms with van der Waals surface area (Å²) in [6, 6.07) is 5.06. The number of benzene rings is 1. The lowest BCUT2D eigenvalue weighted by Crippen LogP contribution is -2.36. The van der Waals surface area contributed by atoms with Gasteiger partial charge in [-0.05, 0) is 50.2 Å². The third-order valence-corrected chi connectivity index (χ3v) is 4.35. The van der Waals surface area contributed by atoms with Crippen LogP contribution < -0.4 is 0 Å². The molecule has 1 atom stereocenters. The Labute approximate surface area is 135 Å². The van der Waals surface area contributed by atoms with Gasteiger partial charge in [0.2, 0.25) is 0 Å². The van der Waals surface area contributed by atoms with E-state index in [9.17, 15) is 18.3 Å². The third kappa shape index (κ3) is 5.79. The number of alkyl halides is 3. The fourth-order valence-electron chi connectivity index (χ4n) is 2.99. The summed E-state index contributed by atoms with van der Waals surface area (Å²) >= 11 is 0. The summed E-state index contributed by atoms with van der Waals surface area (Å²) in [5.74, 6) is 0. The number of β-amino-alcohol motifs (C(OH)–C–C–N with tert-alkyl or cyclic N) is 1. The molecule has 0 radical (unpaired) electrons. The van der Waals surface area contributed by atoms with Crippen LogP contribution >= 0.6 is 0 Å². The highest BCUT2D eigenvalue weighted by Gasteiger charge is 2.30. The molecule has 1 unspecified atom stereocenters. The van der Waals surface area contributed by atoms with E-state index in [1.54, 1.807) is 0 Å². The molecule has 2 rings (SSSR count). The molecular weight excluding hydrogens is 305 g/mol. The molecule has 1 fully saturated rings. The summed E-state index contributed by atoms with van der Waals surface area (Å²) in [6.45, 7) is 7.74. The summed E-state index contributed by atoms with van der Waals surface area (Å²) in [7, 11) is 0. The van der Waals surface area contributed by atoms with Crippen molar-refractivity contribution in [2.75, 3.05) is 39.3 Å². The Balaban J connectivity index is 1.83. The van der Waals surface area contributed by atoms with Crippen molar-refractivity contribution in [3.63, 3.8) is 0 Å². The van der Waals surface area contributed by atoms with Crippen molar-refractivity contribution in [2.45, 2.75) is 32.0 Å². The largest absolute Gasteiger partial charge is 0.416 e. The van der Waals surface area contributed by atoms with Crippen LogP contribution in [0.1, 0.15) is 24.5 Å². The maximum Gasteiger partial charge on any atom is 0.416 e. The van der Waals surface area contributed by atoms with Crippen molar-refractivity contribution in [1.82, 2.24) is 9.80 Å². The van der Waals surface area contributed by atoms with Crippen molar-refractivity contribution >= 4 is 0 Å². The van der Waals surface area contributed by atoms with E-state index < -0.39 is 17.8 Å². The summed E-state index contributed by atoms with van der Waals surface area (Å²) in [6.07, 6.45) is -3.40. The lowest BCUT2D eigenvalue weighted by Gasteiger charge is -2.23. The number of hydrogen-bond donors (Lipinski definition) is 1. The Morgan fingerprint density at radius 3 is 2.26 bits per heavy atom.